The summed E-state index contributed by atoms with van der Waals surface area (Å²) in [4.78, 5) is 12.5. The zero-order valence-corrected chi connectivity index (χ0v) is 15.7. The standard InChI is InChI=1S/C16H26N2O5S/c1-15(2,3)12-8-13(23-18-12)17-14(19)16(4,5)24(20,21)10-11-6-7-22-9-11/h8,11H,6-7,9-10H2,1-5H3,(H,17,19). The lowest BCUT2D eigenvalue weighted by Crippen LogP contribution is -2.46. The quantitative estimate of drug-likeness (QED) is 0.866. The molecule has 24 heavy (non-hydrogen) atoms. The highest BCUT2D eigenvalue weighted by atomic mass is 32.2. The average molecular weight is 358 g/mol. The summed E-state index contributed by atoms with van der Waals surface area (Å²) in [7, 11) is -3.64. The van der Waals surface area contributed by atoms with E-state index in [1.165, 1.54) is 13.8 Å². The van der Waals surface area contributed by atoms with E-state index in [1.807, 2.05) is 20.8 Å². The molecule has 0 spiro atoms. The Balaban J connectivity index is 2.10. The van der Waals surface area contributed by atoms with Crippen LogP contribution < -0.4 is 5.32 Å². The minimum absolute atomic E-state index is 0.0557. The molecule has 2 heterocycles. The molecule has 1 atom stereocenters. The van der Waals surface area contributed by atoms with E-state index in [4.69, 9.17) is 9.26 Å². The van der Waals surface area contributed by atoms with Crippen molar-refractivity contribution in [3.8, 4) is 0 Å². The Morgan fingerprint density at radius 2 is 2.00 bits per heavy atom. The van der Waals surface area contributed by atoms with Gasteiger partial charge in [0.15, 0.2) is 9.84 Å². The van der Waals surface area contributed by atoms with Crippen LogP contribution in [0.15, 0.2) is 10.6 Å². The van der Waals surface area contributed by atoms with Crippen molar-refractivity contribution in [1.29, 1.82) is 0 Å². The fraction of sp³-hybridized carbons (Fsp3) is 0.750. The van der Waals surface area contributed by atoms with Crippen molar-refractivity contribution >= 4 is 21.6 Å². The molecule has 136 valence electrons. The van der Waals surface area contributed by atoms with Gasteiger partial charge in [-0.2, -0.15) is 0 Å². The first kappa shape index (κ1) is 18.9. The van der Waals surface area contributed by atoms with Crippen LogP contribution in [0.3, 0.4) is 0 Å². The first-order valence-corrected chi connectivity index (χ1v) is 9.67. The van der Waals surface area contributed by atoms with Crippen molar-refractivity contribution in [1.82, 2.24) is 5.16 Å². The highest BCUT2D eigenvalue weighted by molar-refractivity contribution is 7.93. The molecule has 0 aromatic carbocycles. The maximum absolute atomic E-state index is 12.6. The molecule has 1 saturated heterocycles. The summed E-state index contributed by atoms with van der Waals surface area (Å²) < 4.78 is 34.0. The Bertz CT molecular complexity index is 694. The summed E-state index contributed by atoms with van der Waals surface area (Å²) >= 11 is 0. The second-order valence-electron chi connectivity index (χ2n) is 7.80. The van der Waals surface area contributed by atoms with E-state index >= 15 is 0 Å². The first-order chi connectivity index (χ1) is 10.9. The predicted octanol–water partition coefficient (Wildman–Crippen LogP) is 2.14. The zero-order chi connectivity index (χ0) is 18.2. The van der Waals surface area contributed by atoms with E-state index in [1.54, 1.807) is 6.07 Å². The summed E-state index contributed by atoms with van der Waals surface area (Å²) in [6, 6.07) is 1.62. The van der Waals surface area contributed by atoms with Crippen LogP contribution in [-0.2, 0) is 24.8 Å². The van der Waals surface area contributed by atoms with Crippen molar-refractivity contribution in [2.24, 2.45) is 5.92 Å². The lowest BCUT2D eigenvalue weighted by Gasteiger charge is -2.24. The number of amides is 1. The van der Waals surface area contributed by atoms with Gasteiger partial charge in [-0.1, -0.05) is 25.9 Å². The van der Waals surface area contributed by atoms with Gasteiger partial charge in [0.1, 0.15) is 4.75 Å². The molecule has 2 rings (SSSR count). The third-order valence-corrected chi connectivity index (χ3v) is 6.97. The van der Waals surface area contributed by atoms with Crippen molar-refractivity contribution in [2.75, 3.05) is 24.3 Å². The fourth-order valence-corrected chi connectivity index (χ4v) is 3.96. The number of aromatic nitrogens is 1. The van der Waals surface area contributed by atoms with Gasteiger partial charge in [-0.25, -0.2) is 8.42 Å². The molecule has 0 bridgehead atoms. The van der Waals surface area contributed by atoms with E-state index in [2.05, 4.69) is 10.5 Å². The van der Waals surface area contributed by atoms with Crippen molar-refractivity contribution in [2.45, 2.75) is 51.2 Å². The maximum atomic E-state index is 12.6. The summed E-state index contributed by atoms with van der Waals surface area (Å²) in [6.07, 6.45) is 0.702. The SMILES string of the molecule is CC(C)(C)c1cc(NC(=O)C(C)(C)S(=O)(=O)CC2CCOC2)on1. The second-order valence-corrected chi connectivity index (χ2v) is 10.4. The highest BCUT2D eigenvalue weighted by Crippen LogP contribution is 2.27. The largest absolute Gasteiger partial charge is 0.381 e. The number of anilines is 1. The number of ether oxygens (including phenoxy) is 1. The van der Waals surface area contributed by atoms with E-state index in [0.29, 0.717) is 25.3 Å². The van der Waals surface area contributed by atoms with Crippen LogP contribution in [0.4, 0.5) is 5.88 Å². The molecule has 0 radical (unpaired) electrons. The molecule has 1 aliphatic rings. The van der Waals surface area contributed by atoms with Gasteiger partial charge < -0.3 is 9.26 Å². The molecule has 1 N–H and O–H groups in total. The van der Waals surface area contributed by atoms with Crippen molar-refractivity contribution in [3.05, 3.63) is 11.8 Å². The van der Waals surface area contributed by atoms with Crippen LogP contribution in [0.1, 0.15) is 46.7 Å². The van der Waals surface area contributed by atoms with Gasteiger partial charge in [0.05, 0.1) is 18.1 Å². The van der Waals surface area contributed by atoms with Crippen LogP contribution >= 0.6 is 0 Å². The predicted molar refractivity (Wildman–Crippen MR) is 90.6 cm³/mol. The number of nitrogens with zero attached hydrogens (tertiary/aromatic N) is 1. The molecule has 8 heteroatoms. The van der Waals surface area contributed by atoms with E-state index < -0.39 is 20.5 Å². The fourth-order valence-electron chi connectivity index (χ4n) is 2.32. The Morgan fingerprint density at radius 1 is 1.33 bits per heavy atom. The van der Waals surface area contributed by atoms with Crippen LogP contribution in [0, 0.1) is 5.92 Å². The lowest BCUT2D eigenvalue weighted by molar-refractivity contribution is -0.118. The minimum atomic E-state index is -3.64. The summed E-state index contributed by atoms with van der Waals surface area (Å²) in [6.45, 7) is 9.72. The van der Waals surface area contributed by atoms with Crippen LogP contribution in [0.2, 0.25) is 0 Å². The molecule has 1 fully saturated rings. The minimum Gasteiger partial charge on any atom is -0.381 e. The van der Waals surface area contributed by atoms with Gasteiger partial charge in [-0.05, 0) is 26.2 Å². The maximum Gasteiger partial charge on any atom is 0.247 e. The molecular weight excluding hydrogens is 332 g/mol. The molecule has 1 aromatic heterocycles. The van der Waals surface area contributed by atoms with Gasteiger partial charge in [0, 0.05) is 18.1 Å². The number of nitrogens with one attached hydrogen (secondary N) is 1. The average Bonchev–Trinajstić information content (AvgIpc) is 3.08. The van der Waals surface area contributed by atoms with Gasteiger partial charge in [0.25, 0.3) is 0 Å². The normalized spacial score (nSPS) is 19.5. The Labute approximate surface area is 143 Å². The molecule has 7 nitrogen and oxygen atoms in total. The Hall–Kier alpha value is -1.41. The smallest absolute Gasteiger partial charge is 0.247 e. The van der Waals surface area contributed by atoms with Crippen LogP contribution in [-0.4, -0.2) is 43.2 Å². The zero-order valence-electron chi connectivity index (χ0n) is 14.9. The molecular formula is C16H26N2O5S. The Morgan fingerprint density at radius 3 is 2.50 bits per heavy atom. The number of hydrogen-bond acceptors (Lipinski definition) is 6. The molecule has 0 saturated carbocycles. The summed E-state index contributed by atoms with van der Waals surface area (Å²) in [5.74, 6) is -0.591. The molecule has 0 aliphatic carbocycles. The van der Waals surface area contributed by atoms with E-state index in [-0.39, 0.29) is 23.0 Å². The van der Waals surface area contributed by atoms with E-state index in [0.717, 1.165) is 0 Å². The monoisotopic (exact) mass is 358 g/mol. The molecule has 1 aliphatic heterocycles. The topological polar surface area (TPSA) is 98.5 Å². The molecule has 1 unspecified atom stereocenters. The van der Waals surface area contributed by atoms with Gasteiger partial charge >= 0.3 is 0 Å². The first-order valence-electron chi connectivity index (χ1n) is 8.02. The van der Waals surface area contributed by atoms with Gasteiger partial charge in [-0.15, -0.1) is 0 Å². The number of hydrogen-bond donors (Lipinski definition) is 1. The van der Waals surface area contributed by atoms with Gasteiger partial charge in [-0.3, -0.25) is 10.1 Å². The summed E-state index contributed by atoms with van der Waals surface area (Å²) in [5.41, 5.74) is 0.456. The third kappa shape index (κ3) is 3.97. The third-order valence-electron chi connectivity index (χ3n) is 4.32. The summed E-state index contributed by atoms with van der Waals surface area (Å²) in [5, 5.41) is 6.44. The lowest BCUT2D eigenvalue weighted by atomic mass is 9.92. The molecule has 1 aromatic rings. The number of carbonyl (C=O) groups is 1. The van der Waals surface area contributed by atoms with Crippen LogP contribution in [0.25, 0.3) is 0 Å². The van der Waals surface area contributed by atoms with Crippen molar-refractivity contribution < 1.29 is 22.5 Å². The van der Waals surface area contributed by atoms with E-state index in [9.17, 15) is 13.2 Å². The Kier molecular flexibility index (Phi) is 5.11. The number of carbonyl (C=O) groups excluding carboxylic acids is 1. The number of rotatable bonds is 5. The number of sulfone groups is 1. The van der Waals surface area contributed by atoms with Gasteiger partial charge in [0.2, 0.25) is 11.8 Å². The second kappa shape index (κ2) is 6.48. The molecule has 1 amide bonds. The van der Waals surface area contributed by atoms with Crippen molar-refractivity contribution in [3.63, 3.8) is 0 Å². The highest BCUT2D eigenvalue weighted by Gasteiger charge is 2.43. The van der Waals surface area contributed by atoms with Crippen LogP contribution in [0.5, 0.6) is 0 Å².